The summed E-state index contributed by atoms with van der Waals surface area (Å²) in [6.07, 6.45) is 3.84. The first-order valence-electron chi connectivity index (χ1n) is 15.3. The lowest BCUT2D eigenvalue weighted by Crippen LogP contribution is -2.54. The molecular formula is C36H37ClFN3O4S. The minimum absolute atomic E-state index is 0.0229. The Kier molecular flexibility index (Phi) is 10.8. The average molecular weight is 662 g/mol. The fourth-order valence-corrected chi connectivity index (χ4v) is 7.31. The zero-order chi connectivity index (χ0) is 32.7. The first-order chi connectivity index (χ1) is 22.1. The lowest BCUT2D eigenvalue weighted by molar-refractivity contribution is -0.140. The van der Waals surface area contributed by atoms with Crippen LogP contribution in [0.1, 0.15) is 42.4 Å². The molecule has 0 saturated heterocycles. The van der Waals surface area contributed by atoms with Crippen molar-refractivity contribution in [2.45, 2.75) is 62.6 Å². The topological polar surface area (TPSA) is 86.8 Å². The molecule has 7 nitrogen and oxygen atoms in total. The van der Waals surface area contributed by atoms with Gasteiger partial charge in [0, 0.05) is 29.6 Å². The zero-order valence-corrected chi connectivity index (χ0v) is 27.2. The summed E-state index contributed by atoms with van der Waals surface area (Å²) < 4.78 is 44.4. The fraction of sp³-hybridized carbons (Fsp3) is 0.278. The number of benzene rings is 4. The maximum Gasteiger partial charge on any atom is 0.264 e. The minimum Gasteiger partial charge on any atom is -0.352 e. The van der Waals surface area contributed by atoms with Crippen molar-refractivity contribution in [2.24, 2.45) is 0 Å². The summed E-state index contributed by atoms with van der Waals surface area (Å²) in [5.41, 5.74) is 2.10. The van der Waals surface area contributed by atoms with Gasteiger partial charge in [0.15, 0.2) is 0 Å². The van der Waals surface area contributed by atoms with Crippen LogP contribution in [0.25, 0.3) is 0 Å². The highest BCUT2D eigenvalue weighted by Crippen LogP contribution is 2.27. The highest BCUT2D eigenvalue weighted by Gasteiger charge is 2.36. The lowest BCUT2D eigenvalue weighted by Gasteiger charge is -2.34. The van der Waals surface area contributed by atoms with Crippen LogP contribution in [0.4, 0.5) is 10.1 Å². The van der Waals surface area contributed by atoms with Crippen LogP contribution in [0.5, 0.6) is 0 Å². The van der Waals surface area contributed by atoms with Gasteiger partial charge >= 0.3 is 0 Å². The van der Waals surface area contributed by atoms with E-state index in [0.29, 0.717) is 5.02 Å². The number of nitrogens with one attached hydrogen (secondary N) is 1. The van der Waals surface area contributed by atoms with Crippen molar-refractivity contribution in [3.8, 4) is 0 Å². The van der Waals surface area contributed by atoms with E-state index in [1.165, 1.54) is 35.2 Å². The van der Waals surface area contributed by atoms with Gasteiger partial charge in [-0.3, -0.25) is 13.9 Å². The van der Waals surface area contributed by atoms with E-state index in [1.54, 1.807) is 36.4 Å². The van der Waals surface area contributed by atoms with Gasteiger partial charge in [0.05, 0.1) is 10.6 Å². The summed E-state index contributed by atoms with van der Waals surface area (Å²) in [4.78, 5) is 29.8. The Balaban J connectivity index is 1.57. The second-order valence-corrected chi connectivity index (χ2v) is 13.9. The normalized spacial score (nSPS) is 14.1. The van der Waals surface area contributed by atoms with Gasteiger partial charge in [-0.2, -0.15) is 0 Å². The smallest absolute Gasteiger partial charge is 0.264 e. The third-order valence-corrected chi connectivity index (χ3v) is 10.3. The third kappa shape index (κ3) is 8.13. The van der Waals surface area contributed by atoms with Gasteiger partial charge in [0.2, 0.25) is 11.8 Å². The van der Waals surface area contributed by atoms with E-state index in [2.05, 4.69) is 5.32 Å². The van der Waals surface area contributed by atoms with Gasteiger partial charge in [-0.1, -0.05) is 85.1 Å². The van der Waals surface area contributed by atoms with Crippen molar-refractivity contribution in [1.29, 1.82) is 0 Å². The van der Waals surface area contributed by atoms with Crippen LogP contribution in [0.3, 0.4) is 0 Å². The summed E-state index contributed by atoms with van der Waals surface area (Å²) in [5.74, 6) is -1.54. The Bertz CT molecular complexity index is 1760. The number of sulfonamides is 1. The maximum atomic E-state index is 15.1. The van der Waals surface area contributed by atoms with E-state index >= 15 is 4.39 Å². The number of hydrogen-bond acceptors (Lipinski definition) is 4. The number of nitrogens with zero attached hydrogens (tertiary/aromatic N) is 2. The molecule has 1 N–H and O–H groups in total. The minimum atomic E-state index is -4.27. The molecule has 240 valence electrons. The quantitative estimate of drug-likeness (QED) is 0.184. The van der Waals surface area contributed by atoms with E-state index in [1.807, 2.05) is 43.3 Å². The van der Waals surface area contributed by atoms with Gasteiger partial charge in [-0.15, -0.1) is 0 Å². The summed E-state index contributed by atoms with van der Waals surface area (Å²) in [6.45, 7) is 0.973. The third-order valence-electron chi connectivity index (χ3n) is 8.24. The number of amides is 2. The highest BCUT2D eigenvalue weighted by atomic mass is 35.5. The lowest BCUT2D eigenvalue weighted by atomic mass is 10.0. The molecule has 0 aromatic heterocycles. The first kappa shape index (κ1) is 33.2. The Morgan fingerprint density at radius 1 is 0.913 bits per heavy atom. The summed E-state index contributed by atoms with van der Waals surface area (Å²) in [6, 6.07) is 26.9. The number of hydrogen-bond donors (Lipinski definition) is 1. The van der Waals surface area contributed by atoms with Crippen LogP contribution in [0.15, 0.2) is 108 Å². The molecule has 4 aromatic carbocycles. The van der Waals surface area contributed by atoms with Crippen molar-refractivity contribution in [1.82, 2.24) is 10.2 Å². The van der Waals surface area contributed by atoms with Crippen molar-refractivity contribution < 1.29 is 22.4 Å². The molecule has 0 spiro atoms. The summed E-state index contributed by atoms with van der Waals surface area (Å²) in [7, 11) is -4.27. The molecule has 1 aliphatic carbocycles. The van der Waals surface area contributed by atoms with E-state index in [0.717, 1.165) is 41.1 Å². The average Bonchev–Trinajstić information content (AvgIpc) is 3.56. The van der Waals surface area contributed by atoms with Crippen LogP contribution in [-0.4, -0.2) is 43.8 Å². The van der Waals surface area contributed by atoms with Gasteiger partial charge in [0.1, 0.15) is 18.4 Å². The van der Waals surface area contributed by atoms with Crippen molar-refractivity contribution >= 4 is 39.1 Å². The molecule has 0 bridgehead atoms. The molecule has 10 heteroatoms. The van der Waals surface area contributed by atoms with Crippen LogP contribution in [0.2, 0.25) is 5.02 Å². The second kappa shape index (κ2) is 14.9. The van der Waals surface area contributed by atoms with Crippen LogP contribution in [0, 0.1) is 12.7 Å². The van der Waals surface area contributed by atoms with E-state index in [4.69, 9.17) is 11.6 Å². The molecule has 0 heterocycles. The molecule has 1 fully saturated rings. The Morgan fingerprint density at radius 3 is 2.26 bits per heavy atom. The van der Waals surface area contributed by atoms with Gasteiger partial charge in [-0.25, -0.2) is 12.8 Å². The Hall–Kier alpha value is -4.21. The Morgan fingerprint density at radius 2 is 1.59 bits per heavy atom. The number of rotatable bonds is 12. The maximum absolute atomic E-state index is 15.1. The van der Waals surface area contributed by atoms with Crippen LogP contribution < -0.4 is 9.62 Å². The molecule has 1 saturated carbocycles. The molecule has 4 aromatic rings. The van der Waals surface area contributed by atoms with Gasteiger partial charge in [-0.05, 0) is 73.4 Å². The molecule has 46 heavy (non-hydrogen) atoms. The first-order valence-corrected chi connectivity index (χ1v) is 17.2. The molecule has 5 rings (SSSR count). The summed E-state index contributed by atoms with van der Waals surface area (Å²) >= 11 is 6.05. The van der Waals surface area contributed by atoms with Gasteiger partial charge < -0.3 is 10.2 Å². The number of halogens is 2. The zero-order valence-electron chi connectivity index (χ0n) is 25.6. The van der Waals surface area contributed by atoms with Crippen molar-refractivity contribution in [2.75, 3.05) is 10.8 Å². The SMILES string of the molecule is Cc1cccc(N(CC(=O)N(Cc2ccccc2F)[C@H](Cc2ccccc2)C(=O)NC2CCCC2)S(=O)(=O)c2ccc(Cl)cc2)c1. The van der Waals surface area contributed by atoms with Crippen molar-refractivity contribution in [3.63, 3.8) is 0 Å². The molecule has 0 radical (unpaired) electrons. The molecule has 0 unspecified atom stereocenters. The molecular weight excluding hydrogens is 625 g/mol. The number of anilines is 1. The Labute approximate surface area is 275 Å². The number of carbonyl (C=O) groups excluding carboxylic acids is 2. The molecule has 1 aliphatic rings. The predicted octanol–water partition coefficient (Wildman–Crippen LogP) is 6.68. The van der Waals surface area contributed by atoms with Crippen LogP contribution >= 0.6 is 11.6 Å². The predicted molar refractivity (Wildman–Crippen MR) is 178 cm³/mol. The largest absolute Gasteiger partial charge is 0.352 e. The molecule has 2 amide bonds. The van der Waals surface area contributed by atoms with E-state index < -0.39 is 34.3 Å². The van der Waals surface area contributed by atoms with E-state index in [-0.39, 0.29) is 41.1 Å². The number of aryl methyl sites for hydroxylation is 1. The van der Waals surface area contributed by atoms with E-state index in [9.17, 15) is 18.0 Å². The highest BCUT2D eigenvalue weighted by molar-refractivity contribution is 7.92. The molecule has 1 atom stereocenters. The van der Waals surface area contributed by atoms with Crippen LogP contribution in [-0.2, 0) is 32.6 Å². The van der Waals surface area contributed by atoms with Gasteiger partial charge in [0.25, 0.3) is 10.0 Å². The number of carbonyl (C=O) groups is 2. The molecule has 0 aliphatic heterocycles. The fourth-order valence-electron chi connectivity index (χ4n) is 5.78. The van der Waals surface area contributed by atoms with Crippen molar-refractivity contribution in [3.05, 3.63) is 131 Å². The monoisotopic (exact) mass is 661 g/mol. The standard InChI is InChI=1S/C36H37ClFN3O4S/c1-26-10-9-16-31(22-26)41(46(44,45)32-20-18-29(37)19-21-32)25-35(42)40(24-28-13-5-8-17-33(28)38)34(23-27-11-3-2-4-12-27)36(43)39-30-14-6-7-15-30/h2-5,8-13,16-22,30,34H,6-7,14-15,23-25H2,1H3,(H,39,43)/t34-/m1/s1. The second-order valence-electron chi connectivity index (χ2n) is 11.6. The summed E-state index contributed by atoms with van der Waals surface area (Å²) in [5, 5.41) is 3.48.